The topological polar surface area (TPSA) is 61.4 Å². The van der Waals surface area contributed by atoms with E-state index >= 15 is 0 Å². The molecular formula is C11H24N2O2. The third kappa shape index (κ3) is 6.47. The molecule has 90 valence electrons. The second kappa shape index (κ2) is 7.65. The first-order valence-corrected chi connectivity index (χ1v) is 5.64. The summed E-state index contributed by atoms with van der Waals surface area (Å²) in [5.41, 5.74) is 0. The van der Waals surface area contributed by atoms with Crippen molar-refractivity contribution >= 4 is 5.91 Å². The average Bonchev–Trinajstić information content (AvgIpc) is 2.21. The molecule has 0 fully saturated rings. The summed E-state index contributed by atoms with van der Waals surface area (Å²) in [6, 6.07) is 0.207. The van der Waals surface area contributed by atoms with Gasteiger partial charge in [0, 0.05) is 6.04 Å². The molecule has 0 aromatic rings. The van der Waals surface area contributed by atoms with Crippen molar-refractivity contribution in [3.05, 3.63) is 0 Å². The zero-order chi connectivity index (χ0) is 11.8. The minimum Gasteiger partial charge on any atom is -0.394 e. The minimum absolute atomic E-state index is 0.00720. The van der Waals surface area contributed by atoms with Crippen LogP contribution in [-0.4, -0.2) is 36.2 Å². The zero-order valence-corrected chi connectivity index (χ0v) is 10.2. The number of rotatable bonds is 7. The first-order chi connectivity index (χ1) is 7.01. The Balaban J connectivity index is 3.81. The molecule has 0 aliphatic rings. The highest BCUT2D eigenvalue weighted by molar-refractivity contribution is 5.78. The van der Waals surface area contributed by atoms with E-state index in [0.717, 1.165) is 6.42 Å². The largest absolute Gasteiger partial charge is 0.394 e. The summed E-state index contributed by atoms with van der Waals surface area (Å²) in [4.78, 5) is 11.5. The molecule has 2 unspecified atom stereocenters. The standard InChI is InChI=1S/C11H24N2O2/c1-5-9(4)12-6-11(15)13-10(7-14)8(2)3/h8-10,12,14H,5-7H2,1-4H3,(H,13,15). The van der Waals surface area contributed by atoms with Crippen molar-refractivity contribution < 1.29 is 9.90 Å². The fraction of sp³-hybridized carbons (Fsp3) is 0.909. The Morgan fingerprint density at radius 3 is 2.33 bits per heavy atom. The van der Waals surface area contributed by atoms with Crippen molar-refractivity contribution in [2.75, 3.05) is 13.2 Å². The zero-order valence-electron chi connectivity index (χ0n) is 10.2. The van der Waals surface area contributed by atoms with Gasteiger partial charge in [0.25, 0.3) is 0 Å². The lowest BCUT2D eigenvalue weighted by Gasteiger charge is -2.20. The van der Waals surface area contributed by atoms with Crippen LogP contribution in [0, 0.1) is 5.92 Å². The van der Waals surface area contributed by atoms with Crippen LogP contribution in [-0.2, 0) is 4.79 Å². The molecule has 0 aliphatic heterocycles. The Labute approximate surface area is 92.4 Å². The van der Waals surface area contributed by atoms with Gasteiger partial charge in [-0.15, -0.1) is 0 Å². The quantitative estimate of drug-likeness (QED) is 0.581. The van der Waals surface area contributed by atoms with Gasteiger partial charge in [0.1, 0.15) is 0 Å². The van der Waals surface area contributed by atoms with E-state index in [4.69, 9.17) is 5.11 Å². The molecule has 4 nitrogen and oxygen atoms in total. The van der Waals surface area contributed by atoms with Crippen molar-refractivity contribution in [2.24, 2.45) is 5.92 Å². The van der Waals surface area contributed by atoms with Crippen molar-refractivity contribution in [2.45, 2.75) is 46.2 Å². The Hall–Kier alpha value is -0.610. The molecule has 0 aromatic heterocycles. The molecule has 0 heterocycles. The summed E-state index contributed by atoms with van der Waals surface area (Å²) in [7, 11) is 0. The molecule has 0 saturated heterocycles. The van der Waals surface area contributed by atoms with Crippen LogP contribution in [0.15, 0.2) is 0 Å². The molecule has 0 aromatic carbocycles. The summed E-state index contributed by atoms with van der Waals surface area (Å²) in [6.45, 7) is 8.37. The molecule has 3 N–H and O–H groups in total. The summed E-state index contributed by atoms with van der Waals surface area (Å²) < 4.78 is 0. The maximum absolute atomic E-state index is 11.5. The number of aliphatic hydroxyl groups excluding tert-OH is 1. The third-order valence-electron chi connectivity index (χ3n) is 2.57. The fourth-order valence-corrected chi connectivity index (χ4v) is 1.09. The molecule has 0 rings (SSSR count). The van der Waals surface area contributed by atoms with Gasteiger partial charge >= 0.3 is 0 Å². The smallest absolute Gasteiger partial charge is 0.234 e. The summed E-state index contributed by atoms with van der Waals surface area (Å²) in [5, 5.41) is 14.9. The summed E-state index contributed by atoms with van der Waals surface area (Å²) in [5.74, 6) is 0.200. The number of nitrogens with one attached hydrogen (secondary N) is 2. The van der Waals surface area contributed by atoms with E-state index in [9.17, 15) is 4.79 Å². The molecule has 0 aliphatic carbocycles. The Bertz CT molecular complexity index is 183. The number of hydrogen-bond acceptors (Lipinski definition) is 3. The van der Waals surface area contributed by atoms with Gasteiger partial charge in [-0.05, 0) is 19.3 Å². The van der Waals surface area contributed by atoms with E-state index in [1.54, 1.807) is 0 Å². The van der Waals surface area contributed by atoms with E-state index in [1.165, 1.54) is 0 Å². The number of hydrogen-bond donors (Lipinski definition) is 3. The van der Waals surface area contributed by atoms with Crippen molar-refractivity contribution in [1.82, 2.24) is 10.6 Å². The van der Waals surface area contributed by atoms with E-state index < -0.39 is 0 Å². The van der Waals surface area contributed by atoms with Crippen molar-refractivity contribution in [3.63, 3.8) is 0 Å². The highest BCUT2D eigenvalue weighted by Gasteiger charge is 2.14. The average molecular weight is 216 g/mol. The SMILES string of the molecule is CCC(C)NCC(=O)NC(CO)C(C)C. The van der Waals surface area contributed by atoms with E-state index in [-0.39, 0.29) is 24.5 Å². The van der Waals surface area contributed by atoms with Crippen LogP contribution in [0.2, 0.25) is 0 Å². The van der Waals surface area contributed by atoms with Gasteiger partial charge in [-0.2, -0.15) is 0 Å². The maximum Gasteiger partial charge on any atom is 0.234 e. The molecule has 0 radical (unpaired) electrons. The van der Waals surface area contributed by atoms with Gasteiger partial charge in [-0.1, -0.05) is 20.8 Å². The first kappa shape index (κ1) is 14.4. The third-order valence-corrected chi connectivity index (χ3v) is 2.57. The molecular weight excluding hydrogens is 192 g/mol. The highest BCUT2D eigenvalue weighted by Crippen LogP contribution is 1.99. The van der Waals surface area contributed by atoms with Gasteiger partial charge in [-0.3, -0.25) is 4.79 Å². The van der Waals surface area contributed by atoms with Crippen LogP contribution < -0.4 is 10.6 Å². The summed E-state index contributed by atoms with van der Waals surface area (Å²) in [6.07, 6.45) is 1.00. The maximum atomic E-state index is 11.5. The van der Waals surface area contributed by atoms with Crippen LogP contribution >= 0.6 is 0 Å². The Kier molecular flexibility index (Phi) is 7.34. The monoisotopic (exact) mass is 216 g/mol. The van der Waals surface area contributed by atoms with Crippen LogP contribution in [0.5, 0.6) is 0 Å². The molecule has 15 heavy (non-hydrogen) atoms. The van der Waals surface area contributed by atoms with E-state index in [2.05, 4.69) is 17.6 Å². The number of carbonyl (C=O) groups is 1. The van der Waals surface area contributed by atoms with Gasteiger partial charge in [0.05, 0.1) is 19.2 Å². The molecule has 0 bridgehead atoms. The molecule has 1 amide bonds. The minimum atomic E-state index is -0.142. The lowest BCUT2D eigenvalue weighted by Crippen LogP contribution is -2.46. The second-order valence-corrected chi connectivity index (χ2v) is 4.29. The van der Waals surface area contributed by atoms with Gasteiger partial charge in [0.2, 0.25) is 5.91 Å². The summed E-state index contributed by atoms with van der Waals surface area (Å²) >= 11 is 0. The van der Waals surface area contributed by atoms with Crippen LogP contribution in [0.3, 0.4) is 0 Å². The normalized spacial score (nSPS) is 15.1. The molecule has 4 heteroatoms. The number of amides is 1. The molecule has 0 spiro atoms. The Morgan fingerprint density at radius 1 is 1.33 bits per heavy atom. The van der Waals surface area contributed by atoms with Crippen molar-refractivity contribution in [1.29, 1.82) is 0 Å². The van der Waals surface area contributed by atoms with Gasteiger partial charge < -0.3 is 15.7 Å². The highest BCUT2D eigenvalue weighted by atomic mass is 16.3. The van der Waals surface area contributed by atoms with Crippen LogP contribution in [0.4, 0.5) is 0 Å². The molecule has 0 saturated carbocycles. The second-order valence-electron chi connectivity index (χ2n) is 4.29. The fourth-order valence-electron chi connectivity index (χ4n) is 1.09. The lowest BCUT2D eigenvalue weighted by atomic mass is 10.1. The van der Waals surface area contributed by atoms with Crippen LogP contribution in [0.25, 0.3) is 0 Å². The lowest BCUT2D eigenvalue weighted by molar-refractivity contribution is -0.121. The van der Waals surface area contributed by atoms with E-state index in [1.807, 2.05) is 20.8 Å². The van der Waals surface area contributed by atoms with E-state index in [0.29, 0.717) is 12.6 Å². The predicted molar refractivity (Wildman–Crippen MR) is 61.6 cm³/mol. The van der Waals surface area contributed by atoms with Crippen molar-refractivity contribution in [3.8, 4) is 0 Å². The number of aliphatic hydroxyl groups is 1. The van der Waals surface area contributed by atoms with Gasteiger partial charge in [0.15, 0.2) is 0 Å². The predicted octanol–water partition coefficient (Wildman–Crippen LogP) is 0.508. The Morgan fingerprint density at radius 2 is 1.93 bits per heavy atom. The number of carbonyl (C=O) groups excluding carboxylic acids is 1. The van der Waals surface area contributed by atoms with Gasteiger partial charge in [-0.25, -0.2) is 0 Å². The first-order valence-electron chi connectivity index (χ1n) is 5.64. The van der Waals surface area contributed by atoms with Crippen LogP contribution in [0.1, 0.15) is 34.1 Å². The molecule has 2 atom stereocenters.